The molecule has 0 aromatic carbocycles. The minimum Gasteiger partial charge on any atom is -0.286 e. The lowest BCUT2D eigenvalue weighted by molar-refractivity contribution is -0.169. The van der Waals surface area contributed by atoms with E-state index in [1.807, 2.05) is 0 Å². The van der Waals surface area contributed by atoms with Gasteiger partial charge in [-0.25, -0.2) is 5.06 Å². The summed E-state index contributed by atoms with van der Waals surface area (Å²) >= 11 is 0. The van der Waals surface area contributed by atoms with Crippen LogP contribution in [0.25, 0.3) is 0 Å². The summed E-state index contributed by atoms with van der Waals surface area (Å²) in [7, 11) is 0. The molecule has 0 aromatic heterocycles. The largest absolute Gasteiger partial charge is 0.286 e. The highest BCUT2D eigenvalue weighted by molar-refractivity contribution is 5.77. The molecule has 3 nitrogen and oxygen atoms in total. The third-order valence-corrected chi connectivity index (χ3v) is 2.53. The van der Waals surface area contributed by atoms with Crippen molar-refractivity contribution in [1.82, 2.24) is 5.06 Å². The second-order valence-electron chi connectivity index (χ2n) is 4.28. The number of hydrogen-bond donors (Lipinski definition) is 1. The minimum atomic E-state index is -0.0776. The number of amides is 1. The fourth-order valence-corrected chi connectivity index (χ4v) is 1.88. The molecule has 1 fully saturated rings. The van der Waals surface area contributed by atoms with Gasteiger partial charge in [0.05, 0.1) is 0 Å². The number of hydroxylamine groups is 2. The minimum absolute atomic E-state index is 0.0486. The van der Waals surface area contributed by atoms with Gasteiger partial charge in [0.1, 0.15) is 0 Å². The van der Waals surface area contributed by atoms with Gasteiger partial charge in [-0.2, -0.15) is 0 Å². The summed E-state index contributed by atoms with van der Waals surface area (Å²) < 4.78 is 0. The Morgan fingerprint density at radius 1 is 1.54 bits per heavy atom. The number of carbonyl (C=O) groups is 1. The molecule has 3 heteroatoms. The normalized spacial score (nSPS) is 25.1. The highest BCUT2D eigenvalue weighted by Gasteiger charge is 2.26. The number of nitrogens with zero attached hydrogens (tertiary/aromatic N) is 1. The number of carbonyl (C=O) groups excluding carboxylic acids is 1. The topological polar surface area (TPSA) is 40.5 Å². The van der Waals surface area contributed by atoms with Gasteiger partial charge in [-0.05, 0) is 25.2 Å². The molecule has 0 aromatic rings. The van der Waals surface area contributed by atoms with Gasteiger partial charge in [0.15, 0.2) is 0 Å². The molecule has 1 aliphatic heterocycles. The average molecular weight is 185 g/mol. The second kappa shape index (κ2) is 4.61. The van der Waals surface area contributed by atoms with Gasteiger partial charge in [0.25, 0.3) is 0 Å². The van der Waals surface area contributed by atoms with Crippen molar-refractivity contribution < 1.29 is 10.0 Å². The SMILES string of the molecule is CC(C)CC1CCCCN(O)C1=O. The van der Waals surface area contributed by atoms with Gasteiger partial charge in [-0.3, -0.25) is 10.0 Å². The van der Waals surface area contributed by atoms with Crippen LogP contribution in [0.1, 0.15) is 39.5 Å². The fraction of sp³-hybridized carbons (Fsp3) is 0.900. The lowest BCUT2D eigenvalue weighted by atomic mass is 9.92. The molecule has 0 saturated carbocycles. The molecule has 0 radical (unpaired) electrons. The van der Waals surface area contributed by atoms with Crippen molar-refractivity contribution in [3.63, 3.8) is 0 Å². The van der Waals surface area contributed by atoms with E-state index in [2.05, 4.69) is 13.8 Å². The maximum Gasteiger partial charge on any atom is 0.249 e. The zero-order valence-corrected chi connectivity index (χ0v) is 8.49. The van der Waals surface area contributed by atoms with Crippen molar-refractivity contribution in [2.24, 2.45) is 11.8 Å². The predicted octanol–water partition coefficient (Wildman–Crippen LogP) is 2.05. The smallest absolute Gasteiger partial charge is 0.249 e. The van der Waals surface area contributed by atoms with E-state index < -0.39 is 0 Å². The Morgan fingerprint density at radius 3 is 2.85 bits per heavy atom. The van der Waals surface area contributed by atoms with Crippen molar-refractivity contribution in [2.75, 3.05) is 6.54 Å². The van der Waals surface area contributed by atoms with Gasteiger partial charge >= 0.3 is 0 Å². The van der Waals surface area contributed by atoms with Crippen molar-refractivity contribution in [3.05, 3.63) is 0 Å². The first-order chi connectivity index (χ1) is 6.11. The molecule has 13 heavy (non-hydrogen) atoms. The Balaban J connectivity index is 2.54. The molecule has 76 valence electrons. The van der Waals surface area contributed by atoms with Crippen LogP contribution in [0.5, 0.6) is 0 Å². The Morgan fingerprint density at radius 2 is 2.23 bits per heavy atom. The van der Waals surface area contributed by atoms with E-state index in [9.17, 15) is 10.0 Å². The Labute approximate surface area is 79.7 Å². The van der Waals surface area contributed by atoms with Crippen LogP contribution in [0, 0.1) is 11.8 Å². The summed E-state index contributed by atoms with van der Waals surface area (Å²) in [4.78, 5) is 11.6. The van der Waals surface area contributed by atoms with Crippen molar-refractivity contribution in [1.29, 1.82) is 0 Å². The monoisotopic (exact) mass is 185 g/mol. The Hall–Kier alpha value is -0.570. The molecule has 1 unspecified atom stereocenters. The fourth-order valence-electron chi connectivity index (χ4n) is 1.88. The van der Waals surface area contributed by atoms with E-state index >= 15 is 0 Å². The highest BCUT2D eigenvalue weighted by Crippen LogP contribution is 2.23. The van der Waals surface area contributed by atoms with Crippen LogP contribution in [-0.2, 0) is 4.79 Å². The van der Waals surface area contributed by atoms with Gasteiger partial charge in [0.2, 0.25) is 5.91 Å². The van der Waals surface area contributed by atoms with Crippen LogP contribution in [0.2, 0.25) is 0 Å². The lowest BCUT2D eigenvalue weighted by Crippen LogP contribution is -2.32. The zero-order valence-electron chi connectivity index (χ0n) is 8.49. The quantitative estimate of drug-likeness (QED) is 0.669. The van der Waals surface area contributed by atoms with E-state index in [4.69, 9.17) is 0 Å². The van der Waals surface area contributed by atoms with E-state index in [1.165, 1.54) is 0 Å². The molecular weight excluding hydrogens is 166 g/mol. The van der Waals surface area contributed by atoms with Crippen LogP contribution in [0.15, 0.2) is 0 Å². The summed E-state index contributed by atoms with van der Waals surface area (Å²) in [5.74, 6) is 0.499. The zero-order chi connectivity index (χ0) is 9.84. The molecule has 1 heterocycles. The van der Waals surface area contributed by atoms with Gasteiger partial charge < -0.3 is 0 Å². The molecule has 1 N–H and O–H groups in total. The molecule has 1 aliphatic rings. The molecule has 1 saturated heterocycles. The molecule has 1 amide bonds. The highest BCUT2D eigenvalue weighted by atomic mass is 16.5. The molecule has 0 aliphatic carbocycles. The summed E-state index contributed by atoms with van der Waals surface area (Å²) in [5.41, 5.74) is 0. The molecular formula is C10H19NO2. The maximum absolute atomic E-state index is 11.6. The summed E-state index contributed by atoms with van der Waals surface area (Å²) in [6.07, 6.45) is 3.82. The van der Waals surface area contributed by atoms with Crippen LogP contribution in [-0.4, -0.2) is 22.7 Å². The van der Waals surface area contributed by atoms with Gasteiger partial charge in [-0.15, -0.1) is 0 Å². The van der Waals surface area contributed by atoms with Crippen molar-refractivity contribution in [2.45, 2.75) is 39.5 Å². The molecule has 1 rings (SSSR count). The number of hydrogen-bond acceptors (Lipinski definition) is 2. The van der Waals surface area contributed by atoms with Crippen LogP contribution >= 0.6 is 0 Å². The van der Waals surface area contributed by atoms with Crippen LogP contribution in [0.4, 0.5) is 0 Å². The molecule has 1 atom stereocenters. The number of rotatable bonds is 2. The maximum atomic E-state index is 11.6. The second-order valence-corrected chi connectivity index (χ2v) is 4.28. The van der Waals surface area contributed by atoms with Crippen LogP contribution < -0.4 is 0 Å². The molecule has 0 spiro atoms. The Kier molecular flexibility index (Phi) is 3.72. The van der Waals surface area contributed by atoms with E-state index in [0.717, 1.165) is 30.7 Å². The summed E-state index contributed by atoms with van der Waals surface area (Å²) in [6, 6.07) is 0. The predicted molar refractivity (Wildman–Crippen MR) is 50.3 cm³/mol. The third-order valence-electron chi connectivity index (χ3n) is 2.53. The van der Waals surface area contributed by atoms with E-state index in [-0.39, 0.29) is 11.8 Å². The Bertz CT molecular complexity index is 180. The first-order valence-corrected chi connectivity index (χ1v) is 5.11. The summed E-state index contributed by atoms with van der Waals surface area (Å²) in [6.45, 7) is 4.73. The summed E-state index contributed by atoms with van der Waals surface area (Å²) in [5, 5.41) is 10.2. The van der Waals surface area contributed by atoms with E-state index in [1.54, 1.807) is 0 Å². The third kappa shape index (κ3) is 2.99. The van der Waals surface area contributed by atoms with Gasteiger partial charge in [-0.1, -0.05) is 20.3 Å². The first-order valence-electron chi connectivity index (χ1n) is 5.11. The first kappa shape index (κ1) is 10.5. The van der Waals surface area contributed by atoms with Crippen molar-refractivity contribution >= 4 is 5.91 Å². The molecule has 0 bridgehead atoms. The average Bonchev–Trinajstić information content (AvgIpc) is 2.19. The lowest BCUT2D eigenvalue weighted by Gasteiger charge is -2.19. The standard InChI is InChI=1S/C10H19NO2/c1-8(2)7-9-5-3-4-6-11(13)10(9)12/h8-9,13H,3-7H2,1-2H3. The van der Waals surface area contributed by atoms with E-state index in [0.29, 0.717) is 12.5 Å². The van der Waals surface area contributed by atoms with Gasteiger partial charge in [0, 0.05) is 12.5 Å². The van der Waals surface area contributed by atoms with Crippen molar-refractivity contribution in [3.8, 4) is 0 Å². The van der Waals surface area contributed by atoms with Crippen LogP contribution in [0.3, 0.4) is 0 Å².